The fourth-order valence-electron chi connectivity index (χ4n) is 5.31. The largest absolute Gasteiger partial charge is 0.480 e. The van der Waals surface area contributed by atoms with Crippen molar-refractivity contribution in [3.63, 3.8) is 0 Å². The van der Waals surface area contributed by atoms with Crippen molar-refractivity contribution in [3.05, 3.63) is 64.9 Å². The van der Waals surface area contributed by atoms with E-state index in [0.29, 0.717) is 30.3 Å². The van der Waals surface area contributed by atoms with Crippen LogP contribution in [0.3, 0.4) is 0 Å². The minimum absolute atomic E-state index is 0.0898. The van der Waals surface area contributed by atoms with Gasteiger partial charge in [-0.15, -0.1) is 0 Å². The first-order valence-corrected chi connectivity index (χ1v) is 15.7. The van der Waals surface area contributed by atoms with Crippen LogP contribution in [-0.2, 0) is 24.3 Å². The van der Waals surface area contributed by atoms with Gasteiger partial charge in [-0.3, -0.25) is 9.59 Å². The summed E-state index contributed by atoms with van der Waals surface area (Å²) in [5.41, 5.74) is 0.810. The highest BCUT2D eigenvalue weighted by Gasteiger charge is 2.44. The highest BCUT2D eigenvalue weighted by molar-refractivity contribution is 7.93. The van der Waals surface area contributed by atoms with Gasteiger partial charge in [0, 0.05) is 31.9 Å². The summed E-state index contributed by atoms with van der Waals surface area (Å²) in [7, 11) is -4.60. The molecule has 1 atom stereocenters. The molecule has 1 amide bonds. The summed E-state index contributed by atoms with van der Waals surface area (Å²) in [6.07, 6.45) is 6.79. The van der Waals surface area contributed by atoms with Crippen molar-refractivity contribution in [1.82, 2.24) is 15.3 Å². The lowest BCUT2D eigenvalue weighted by Gasteiger charge is -2.34. The molecule has 0 bridgehead atoms. The highest BCUT2D eigenvalue weighted by Crippen LogP contribution is 2.41. The van der Waals surface area contributed by atoms with Gasteiger partial charge >= 0.3 is 5.97 Å². The Morgan fingerprint density at radius 2 is 1.81 bits per heavy atom. The zero-order valence-corrected chi connectivity index (χ0v) is 24.7. The van der Waals surface area contributed by atoms with Crippen LogP contribution < -0.4 is 10.6 Å². The highest BCUT2D eigenvalue weighted by atomic mass is 35.5. The van der Waals surface area contributed by atoms with E-state index < -0.39 is 44.0 Å². The molecule has 0 saturated heterocycles. The van der Waals surface area contributed by atoms with Crippen LogP contribution in [0.2, 0.25) is 10.0 Å². The summed E-state index contributed by atoms with van der Waals surface area (Å²) in [5.74, 6) is -1.22. The van der Waals surface area contributed by atoms with Crippen molar-refractivity contribution in [2.24, 2.45) is 11.1 Å². The second-order valence-corrected chi connectivity index (χ2v) is 13.3. The minimum Gasteiger partial charge on any atom is -0.480 e. The maximum Gasteiger partial charge on any atom is 0.324 e. The number of aliphatic carboxylic acids is 1. The minimum atomic E-state index is -4.60. The fourth-order valence-corrected chi connectivity index (χ4v) is 7.96. The molecule has 0 radical (unpaired) electrons. The molecule has 1 saturated carbocycles. The molecule has 2 heterocycles. The summed E-state index contributed by atoms with van der Waals surface area (Å²) >= 11 is 12.7. The van der Waals surface area contributed by atoms with E-state index >= 15 is 0 Å². The number of carboxylic acids is 1. The van der Waals surface area contributed by atoms with Gasteiger partial charge in [0.25, 0.3) is 5.91 Å². The second-order valence-electron chi connectivity index (χ2n) is 10.5. The summed E-state index contributed by atoms with van der Waals surface area (Å²) in [6.45, 7) is 0.0436. The molecule has 2 aromatic carbocycles. The van der Waals surface area contributed by atoms with E-state index in [4.69, 9.17) is 28.0 Å². The van der Waals surface area contributed by atoms with Crippen molar-refractivity contribution < 1.29 is 28.0 Å². The predicted molar refractivity (Wildman–Crippen MR) is 158 cm³/mol. The number of aromatic amines is 1. The molecule has 14 heteroatoms. The van der Waals surface area contributed by atoms with Crippen molar-refractivity contribution in [2.75, 3.05) is 18.4 Å². The Balaban J connectivity index is 1.20. The van der Waals surface area contributed by atoms with E-state index in [-0.39, 0.29) is 22.2 Å². The Morgan fingerprint density at radius 1 is 1.12 bits per heavy atom. The topological polar surface area (TPSA) is 163 Å². The molecule has 11 nitrogen and oxygen atoms in total. The number of carbonyl (C=O) groups is 2. The monoisotopic (exact) mass is 633 g/mol. The van der Waals surface area contributed by atoms with E-state index in [1.54, 1.807) is 36.7 Å². The molecule has 1 spiro atoms. The van der Waals surface area contributed by atoms with Gasteiger partial charge in [-0.1, -0.05) is 58.7 Å². The van der Waals surface area contributed by atoms with Crippen molar-refractivity contribution in [3.8, 4) is 11.1 Å². The van der Waals surface area contributed by atoms with E-state index in [0.717, 1.165) is 24.9 Å². The van der Waals surface area contributed by atoms with Gasteiger partial charge < -0.3 is 25.6 Å². The molecule has 4 N–H and O–H groups in total. The first kappa shape index (κ1) is 29.9. The van der Waals surface area contributed by atoms with Gasteiger partial charge in [-0.25, -0.2) is 13.4 Å². The van der Waals surface area contributed by atoms with Crippen molar-refractivity contribution in [2.45, 2.75) is 47.9 Å². The Kier molecular flexibility index (Phi) is 8.76. The van der Waals surface area contributed by atoms with Gasteiger partial charge in [0.15, 0.2) is 21.0 Å². The summed E-state index contributed by atoms with van der Waals surface area (Å²) < 4.78 is 26.9. The lowest BCUT2D eigenvalue weighted by atomic mass is 9.76. The number of carboxylic acid groups (broad SMARTS) is 1. The zero-order chi connectivity index (χ0) is 29.9. The molecule has 1 aliphatic heterocycles. The van der Waals surface area contributed by atoms with Crippen LogP contribution in [0.25, 0.3) is 11.1 Å². The number of halogens is 2. The molecule has 42 heavy (non-hydrogen) atoms. The number of nitrogens with zero attached hydrogens (tertiary/aromatic N) is 2. The molecule has 3 aromatic rings. The molecule has 2 aliphatic rings. The maximum absolute atomic E-state index is 13.4. The Labute approximate surface area is 252 Å². The van der Waals surface area contributed by atoms with E-state index in [1.807, 2.05) is 6.07 Å². The van der Waals surface area contributed by atoms with Crippen LogP contribution in [0.15, 0.2) is 64.9 Å². The number of benzene rings is 2. The molecular formula is C28H29Cl2N5O6S. The first-order chi connectivity index (χ1) is 20.1. The van der Waals surface area contributed by atoms with Gasteiger partial charge in [-0.2, -0.15) is 0 Å². The molecule has 1 aromatic heterocycles. The van der Waals surface area contributed by atoms with Crippen LogP contribution in [0.1, 0.15) is 32.1 Å². The van der Waals surface area contributed by atoms with E-state index in [9.17, 15) is 23.1 Å². The number of amides is 1. The molecule has 222 valence electrons. The summed E-state index contributed by atoms with van der Waals surface area (Å²) in [5, 5.41) is 17.0. The van der Waals surface area contributed by atoms with Crippen LogP contribution >= 0.6 is 23.2 Å². The van der Waals surface area contributed by atoms with Crippen LogP contribution in [0, 0.1) is 5.92 Å². The van der Waals surface area contributed by atoms with E-state index in [2.05, 4.69) is 25.8 Å². The number of anilines is 1. The smallest absolute Gasteiger partial charge is 0.324 e. The predicted octanol–water partition coefficient (Wildman–Crippen LogP) is 4.54. The number of rotatable bonds is 10. The number of hydrogen-bond donors (Lipinski definition) is 4. The van der Waals surface area contributed by atoms with Gasteiger partial charge in [-0.05, 0) is 54.9 Å². The number of hydrogen-bond acceptors (Lipinski definition) is 8. The fraction of sp³-hybridized carbons (Fsp3) is 0.357. The average molecular weight is 635 g/mol. The van der Waals surface area contributed by atoms with Gasteiger partial charge in [0.2, 0.25) is 0 Å². The van der Waals surface area contributed by atoms with Crippen LogP contribution in [-0.4, -0.2) is 65.0 Å². The van der Waals surface area contributed by atoms with Gasteiger partial charge in [0.1, 0.15) is 16.2 Å². The summed E-state index contributed by atoms with van der Waals surface area (Å²) in [6, 6.07) is 11.9. The normalized spacial score (nSPS) is 20.9. The van der Waals surface area contributed by atoms with Crippen LogP contribution in [0.5, 0.6) is 0 Å². The Hall–Kier alpha value is -3.61. The molecule has 1 fully saturated rings. The van der Waals surface area contributed by atoms with Crippen LogP contribution in [0.4, 0.5) is 5.95 Å². The number of H-pyrrole nitrogens is 1. The maximum atomic E-state index is 13.4. The zero-order valence-electron chi connectivity index (χ0n) is 22.3. The number of aromatic nitrogens is 2. The second kappa shape index (κ2) is 12.3. The third kappa shape index (κ3) is 6.40. The summed E-state index contributed by atoms with van der Waals surface area (Å²) in [4.78, 5) is 37.4. The number of sulfone groups is 1. The first-order valence-electron chi connectivity index (χ1n) is 13.4. The number of imidazole rings is 1. The van der Waals surface area contributed by atoms with E-state index in [1.165, 1.54) is 12.1 Å². The van der Waals surface area contributed by atoms with Gasteiger partial charge in [0.05, 0.1) is 10.0 Å². The number of oxime groups is 1. The van der Waals surface area contributed by atoms with Crippen molar-refractivity contribution >= 4 is 56.6 Å². The number of nitrogens with one attached hydrogen (secondary N) is 3. The standard InChI is InChI=1S/C28H29Cl2N5O6S/c29-20-12-19(18-4-2-1-3-5-18)13-21(30)24(20)42(39,40)23(26(37)38)16-33-25(36)22-14-28(41-35-22)8-6-17(7-9-28)15-34-27-31-10-11-32-27/h1-5,10-13,17,23H,6-9,14-16H2,(H,33,36)(H,37,38)(H2,31,32,34)/t17?,23-,28?/m0/s1. The lowest BCUT2D eigenvalue weighted by molar-refractivity contribution is -0.136. The quantitative estimate of drug-likeness (QED) is 0.253. The number of carbonyl (C=O) groups excluding carboxylic acids is 1. The van der Waals surface area contributed by atoms with Crippen molar-refractivity contribution in [1.29, 1.82) is 0 Å². The third-order valence-electron chi connectivity index (χ3n) is 7.66. The molecular weight excluding hydrogens is 605 g/mol. The Bertz CT molecular complexity index is 1570. The third-order valence-corrected chi connectivity index (χ3v) is 10.6. The Morgan fingerprint density at radius 3 is 2.43 bits per heavy atom. The molecule has 0 unspecified atom stereocenters. The molecule has 5 rings (SSSR count). The lowest BCUT2D eigenvalue weighted by Crippen LogP contribution is -2.44. The molecule has 1 aliphatic carbocycles. The average Bonchev–Trinajstić information content (AvgIpc) is 3.63. The SMILES string of the molecule is O=C(NC[C@@H](C(=O)O)S(=O)(=O)c1c(Cl)cc(-c2ccccc2)cc1Cl)C1=NOC2(CCC(CNc3ncc[nH]3)CC2)C1.